The van der Waals surface area contributed by atoms with Gasteiger partial charge in [-0.15, -0.1) is 0 Å². The summed E-state index contributed by atoms with van der Waals surface area (Å²) < 4.78 is 85.2. The molecular formula is C34H29F6N7O2. The Kier molecular flexibility index (Phi) is 8.06. The smallest absolute Gasteiger partial charge is 0.386 e. The molecule has 1 saturated heterocycles. The van der Waals surface area contributed by atoms with Crippen LogP contribution in [0.5, 0.6) is 0 Å². The fraction of sp³-hybridized carbons (Fsp3) is 0.294. The van der Waals surface area contributed by atoms with E-state index in [0.717, 1.165) is 46.1 Å². The molecule has 5 heterocycles. The average Bonchev–Trinajstić information content (AvgIpc) is 3.56. The topological polar surface area (TPSA) is 103 Å². The summed E-state index contributed by atoms with van der Waals surface area (Å²) in [5.74, 6) is -4.36. The fourth-order valence-corrected chi connectivity index (χ4v) is 6.38. The lowest BCUT2D eigenvalue weighted by atomic mass is 9.80. The van der Waals surface area contributed by atoms with Gasteiger partial charge in [0.05, 0.1) is 30.5 Å². The number of benzene rings is 2. The summed E-state index contributed by atoms with van der Waals surface area (Å²) in [6.45, 7) is 2.00. The number of nitrogens with zero attached hydrogens (tertiary/aromatic N) is 7. The number of rotatable bonds is 7. The second-order valence-electron chi connectivity index (χ2n) is 12.1. The number of anilines is 2. The molecule has 7 rings (SSSR count). The zero-order chi connectivity index (χ0) is 34.6. The molecule has 15 heteroatoms. The van der Waals surface area contributed by atoms with Crippen molar-refractivity contribution >= 4 is 11.4 Å². The molecule has 2 aromatic carbocycles. The lowest BCUT2D eigenvalue weighted by Crippen LogP contribution is -2.49. The highest BCUT2D eigenvalue weighted by Crippen LogP contribution is 2.51. The van der Waals surface area contributed by atoms with Crippen LogP contribution < -0.4 is 9.80 Å². The second-order valence-corrected chi connectivity index (χ2v) is 12.1. The van der Waals surface area contributed by atoms with Gasteiger partial charge in [-0.2, -0.15) is 27.1 Å². The molecule has 2 atom stereocenters. The Morgan fingerprint density at radius 2 is 1.45 bits per heavy atom. The van der Waals surface area contributed by atoms with E-state index in [1.54, 1.807) is 6.07 Å². The van der Waals surface area contributed by atoms with Gasteiger partial charge in [-0.05, 0) is 48.0 Å². The van der Waals surface area contributed by atoms with E-state index in [-0.39, 0.29) is 22.6 Å². The van der Waals surface area contributed by atoms with Crippen molar-refractivity contribution in [1.29, 1.82) is 0 Å². The van der Waals surface area contributed by atoms with E-state index in [2.05, 4.69) is 29.9 Å². The van der Waals surface area contributed by atoms with Gasteiger partial charge in [-0.3, -0.25) is 9.97 Å². The first-order valence-electron chi connectivity index (χ1n) is 15.4. The van der Waals surface area contributed by atoms with Crippen LogP contribution in [0.1, 0.15) is 29.5 Å². The third kappa shape index (κ3) is 6.08. The first-order valence-corrected chi connectivity index (χ1v) is 15.4. The number of hydrogen-bond acceptors (Lipinski definition) is 8. The van der Waals surface area contributed by atoms with Crippen molar-refractivity contribution in [2.45, 2.75) is 36.8 Å². The van der Waals surface area contributed by atoms with Crippen molar-refractivity contribution in [2.24, 2.45) is 0 Å². The molecule has 9 nitrogen and oxygen atoms in total. The monoisotopic (exact) mass is 681 g/mol. The van der Waals surface area contributed by atoms with Crippen LogP contribution in [0.3, 0.4) is 0 Å². The number of halogens is 6. The van der Waals surface area contributed by atoms with E-state index in [4.69, 9.17) is 0 Å². The maximum atomic E-state index is 16.1. The quantitative estimate of drug-likeness (QED) is 0.207. The molecule has 0 radical (unpaired) electrons. The molecule has 0 saturated carbocycles. The summed E-state index contributed by atoms with van der Waals surface area (Å²) in [7, 11) is 0. The molecule has 2 unspecified atom stereocenters. The van der Waals surface area contributed by atoms with E-state index in [9.17, 15) is 27.8 Å². The zero-order valence-electron chi connectivity index (χ0n) is 25.7. The van der Waals surface area contributed by atoms with Crippen LogP contribution in [0.4, 0.5) is 37.7 Å². The summed E-state index contributed by atoms with van der Waals surface area (Å²) in [6.07, 6.45) is -3.61. The number of piperazine rings is 1. The molecule has 0 aliphatic carbocycles. The molecule has 1 fully saturated rings. The number of alkyl halides is 5. The van der Waals surface area contributed by atoms with E-state index < -0.39 is 48.3 Å². The third-order valence-electron chi connectivity index (χ3n) is 9.01. The van der Waals surface area contributed by atoms with Gasteiger partial charge in [-0.25, -0.2) is 14.1 Å². The van der Waals surface area contributed by atoms with Crippen LogP contribution in [0.15, 0.2) is 85.5 Å². The predicted molar refractivity (Wildman–Crippen MR) is 167 cm³/mol. The Labute approximate surface area is 276 Å². The van der Waals surface area contributed by atoms with E-state index in [1.807, 2.05) is 24.3 Å². The van der Waals surface area contributed by atoms with Gasteiger partial charge < -0.3 is 20.0 Å². The van der Waals surface area contributed by atoms with Gasteiger partial charge in [0.25, 0.3) is 0 Å². The van der Waals surface area contributed by atoms with E-state index >= 15 is 8.78 Å². The van der Waals surface area contributed by atoms with Crippen LogP contribution in [0, 0.1) is 5.82 Å². The second kappa shape index (κ2) is 12.1. The maximum absolute atomic E-state index is 16.1. The lowest BCUT2D eigenvalue weighted by molar-refractivity contribution is -0.207. The van der Waals surface area contributed by atoms with Crippen LogP contribution >= 0.6 is 0 Å². The van der Waals surface area contributed by atoms with Gasteiger partial charge in [0.2, 0.25) is 0 Å². The number of fused-ring (bicyclic) bond motifs is 3. The first kappa shape index (κ1) is 32.5. The Hall–Kier alpha value is -5.02. The normalized spacial score (nSPS) is 18.6. The maximum Gasteiger partial charge on any atom is 0.391 e. The average molecular weight is 682 g/mol. The van der Waals surface area contributed by atoms with Crippen molar-refractivity contribution < 1.29 is 36.6 Å². The zero-order valence-corrected chi connectivity index (χ0v) is 25.7. The minimum atomic E-state index is -4.49. The van der Waals surface area contributed by atoms with Gasteiger partial charge >= 0.3 is 12.1 Å². The molecular weight excluding hydrogens is 652 g/mol. The molecule has 49 heavy (non-hydrogen) atoms. The van der Waals surface area contributed by atoms with Crippen LogP contribution in [-0.2, 0) is 18.1 Å². The summed E-state index contributed by atoms with van der Waals surface area (Å²) in [5, 5.41) is 25.2. The largest absolute Gasteiger partial charge is 0.391 e. The number of aromatic nitrogens is 5. The summed E-state index contributed by atoms with van der Waals surface area (Å²) >= 11 is 0. The summed E-state index contributed by atoms with van der Waals surface area (Å²) in [6, 6.07) is 16.5. The Balaban J connectivity index is 1.01. The molecule has 0 amide bonds. The minimum absolute atomic E-state index is 0.0266. The van der Waals surface area contributed by atoms with Crippen molar-refractivity contribution in [1.82, 2.24) is 24.7 Å². The Morgan fingerprint density at radius 3 is 2.08 bits per heavy atom. The van der Waals surface area contributed by atoms with Crippen molar-refractivity contribution in [3.05, 3.63) is 108 Å². The highest BCUT2D eigenvalue weighted by atomic mass is 19.4. The van der Waals surface area contributed by atoms with Crippen LogP contribution in [0.2, 0.25) is 0 Å². The molecule has 3 aromatic heterocycles. The van der Waals surface area contributed by atoms with Crippen molar-refractivity contribution in [3.63, 3.8) is 0 Å². The number of hydrogen-bond donors (Lipinski definition) is 2. The molecule has 5 aromatic rings. The molecule has 0 spiro atoms. The van der Waals surface area contributed by atoms with Gasteiger partial charge in [0.15, 0.2) is 11.4 Å². The van der Waals surface area contributed by atoms with Crippen molar-refractivity contribution in [2.75, 3.05) is 36.0 Å². The van der Waals surface area contributed by atoms with Crippen molar-refractivity contribution in [3.8, 4) is 22.5 Å². The standard InChI is InChI=1S/C34H29F6N7O2/c35-23-4-8-27-26(15-23)31-43-20-44-47(31)19-32(27,49)34(39,40)30-10-3-22(17-42-30)21-1-5-24(6-2-21)45-11-13-46(14-12-45)25-7-9-28(41-18-25)29(48)16-33(36,37)38/h1-10,15,17-18,20,29,48-49H,11-14,16,19H2. The number of pyridine rings is 2. The molecule has 254 valence electrons. The highest BCUT2D eigenvalue weighted by molar-refractivity contribution is 5.67. The summed E-state index contributed by atoms with van der Waals surface area (Å²) in [5.41, 5.74) is -0.576. The fourth-order valence-electron chi connectivity index (χ4n) is 6.38. The van der Waals surface area contributed by atoms with Crippen LogP contribution in [0.25, 0.3) is 22.5 Å². The molecule has 2 aliphatic heterocycles. The summed E-state index contributed by atoms with van der Waals surface area (Å²) in [4.78, 5) is 16.4. The lowest BCUT2D eigenvalue weighted by Gasteiger charge is -2.39. The van der Waals surface area contributed by atoms with Gasteiger partial charge in [-0.1, -0.05) is 24.3 Å². The van der Waals surface area contributed by atoms with Gasteiger partial charge in [0, 0.05) is 54.8 Å². The van der Waals surface area contributed by atoms with Crippen LogP contribution in [-0.4, -0.2) is 67.3 Å². The molecule has 2 N–H and O–H groups in total. The molecule has 0 bridgehead atoms. The Morgan fingerprint density at radius 1 is 0.776 bits per heavy atom. The minimum Gasteiger partial charge on any atom is -0.386 e. The number of aliphatic hydroxyl groups is 2. The molecule has 2 aliphatic rings. The Bertz CT molecular complexity index is 1940. The highest BCUT2D eigenvalue weighted by Gasteiger charge is 2.59. The SMILES string of the molecule is OC(CC(F)(F)F)c1ccc(N2CCN(c3ccc(-c4ccc(C(F)(F)C5(O)Cn6ncnc6-c6cc(F)ccc65)nc4)cc3)CC2)cn1. The number of aliphatic hydroxyl groups excluding tert-OH is 1. The third-order valence-corrected chi connectivity index (χ3v) is 9.01. The first-order chi connectivity index (χ1) is 23.3. The van der Waals surface area contributed by atoms with E-state index in [1.165, 1.54) is 30.6 Å². The van der Waals surface area contributed by atoms with E-state index in [0.29, 0.717) is 31.7 Å². The van der Waals surface area contributed by atoms with Gasteiger partial charge in [0.1, 0.15) is 23.9 Å². The predicted octanol–water partition coefficient (Wildman–Crippen LogP) is 5.85.